The van der Waals surface area contributed by atoms with Gasteiger partial charge in [-0.15, -0.1) is 0 Å². The van der Waals surface area contributed by atoms with E-state index in [1.807, 2.05) is 18.2 Å². The molecule has 0 bridgehead atoms. The lowest BCUT2D eigenvalue weighted by Crippen LogP contribution is -1.88. The Labute approximate surface area is 111 Å². The van der Waals surface area contributed by atoms with Crippen molar-refractivity contribution in [1.82, 2.24) is 0 Å². The smallest absolute Gasteiger partial charge is 0.281 e. The molecule has 0 aliphatic carbocycles. The van der Waals surface area contributed by atoms with Gasteiger partial charge in [-0.25, -0.2) is 0 Å². The lowest BCUT2D eigenvalue weighted by molar-refractivity contribution is 0.109. The van der Waals surface area contributed by atoms with E-state index in [0.29, 0.717) is 5.56 Å². The molecule has 2 aromatic rings. The van der Waals surface area contributed by atoms with Gasteiger partial charge in [-0.3, -0.25) is 9.59 Å². The Morgan fingerprint density at radius 2 is 2.06 bits per heavy atom. The molecule has 0 aromatic heterocycles. The van der Waals surface area contributed by atoms with Crippen LogP contribution in [-0.2, 0) is 0 Å². The van der Waals surface area contributed by atoms with Crippen LogP contribution in [0.5, 0.6) is 0 Å². The highest BCUT2D eigenvalue weighted by Crippen LogP contribution is 2.43. The van der Waals surface area contributed by atoms with Crippen molar-refractivity contribution < 1.29 is 9.59 Å². The predicted octanol–water partition coefficient (Wildman–Crippen LogP) is 4.54. The van der Waals surface area contributed by atoms with E-state index in [4.69, 9.17) is 11.6 Å². The number of carbonyl (C=O) groups is 2. The summed E-state index contributed by atoms with van der Waals surface area (Å²) in [6.45, 7) is 0. The lowest BCUT2D eigenvalue weighted by atomic mass is 10.1. The third-order valence-electron chi connectivity index (χ3n) is 2.58. The molecular weight excluding hydrogens is 276 g/mol. The highest BCUT2D eigenvalue weighted by Gasteiger charge is 2.24. The first kappa shape index (κ1) is 11.1. The summed E-state index contributed by atoms with van der Waals surface area (Å²) in [5.74, 6) is 0. The molecule has 0 atom stereocenters. The van der Waals surface area contributed by atoms with Crippen LogP contribution in [0.1, 0.15) is 10.4 Å². The zero-order chi connectivity index (χ0) is 12.0. The molecule has 1 aliphatic rings. The van der Waals surface area contributed by atoms with Crippen molar-refractivity contribution in [2.45, 2.75) is 9.79 Å². The molecule has 0 spiro atoms. The van der Waals surface area contributed by atoms with Crippen LogP contribution in [0.2, 0.25) is 0 Å². The Morgan fingerprint density at radius 1 is 1.24 bits per heavy atom. The summed E-state index contributed by atoms with van der Waals surface area (Å²) in [7, 11) is 0. The van der Waals surface area contributed by atoms with Gasteiger partial charge in [0.05, 0.1) is 0 Å². The van der Waals surface area contributed by atoms with Crippen molar-refractivity contribution in [2.75, 3.05) is 0 Å². The molecule has 84 valence electrons. The van der Waals surface area contributed by atoms with Crippen LogP contribution in [0.15, 0.2) is 40.1 Å². The fourth-order valence-corrected chi connectivity index (χ4v) is 3.72. The average Bonchev–Trinajstić information content (AvgIpc) is 2.60. The third-order valence-corrected chi connectivity index (χ3v) is 4.51. The van der Waals surface area contributed by atoms with Gasteiger partial charge in [0.1, 0.15) is 0 Å². The molecule has 0 fully saturated rings. The number of benzene rings is 2. The quantitative estimate of drug-likeness (QED) is 0.567. The van der Waals surface area contributed by atoms with Gasteiger partial charge in [-0.1, -0.05) is 12.1 Å². The molecule has 0 N–H and O–H groups in total. The second-order valence-corrected chi connectivity index (χ2v) is 6.12. The summed E-state index contributed by atoms with van der Waals surface area (Å²) in [6.07, 6.45) is 0. The summed E-state index contributed by atoms with van der Waals surface area (Å²) in [4.78, 5) is 24.4. The van der Waals surface area contributed by atoms with E-state index in [-0.39, 0.29) is 5.12 Å². The molecule has 0 radical (unpaired) electrons. The zero-order valence-corrected chi connectivity index (χ0v) is 10.8. The number of hydrogen-bond acceptors (Lipinski definition) is 4. The minimum atomic E-state index is -0.470. The van der Waals surface area contributed by atoms with Crippen LogP contribution in [-0.4, -0.2) is 9.69 Å². The van der Waals surface area contributed by atoms with E-state index >= 15 is 0 Å². The van der Waals surface area contributed by atoms with Gasteiger partial charge in [0.25, 0.3) is 4.57 Å². The van der Waals surface area contributed by atoms with Gasteiger partial charge < -0.3 is 0 Å². The van der Waals surface area contributed by atoms with Crippen molar-refractivity contribution in [2.24, 2.45) is 0 Å². The Morgan fingerprint density at radius 3 is 2.82 bits per heavy atom. The van der Waals surface area contributed by atoms with Gasteiger partial charge in [-0.05, 0) is 58.7 Å². The fraction of sp³-hybridized carbons (Fsp3) is 0. The molecule has 0 unspecified atom stereocenters. The van der Waals surface area contributed by atoms with Crippen LogP contribution < -0.4 is 0 Å². The van der Waals surface area contributed by atoms with Crippen LogP contribution in [0.25, 0.3) is 10.8 Å². The standard InChI is InChI=1S/C12H5ClO2S2/c13-12(15)17-8-5-4-7-10-6(8)2-1-3-9(10)16-11(7)14/h1-5H. The molecule has 5 heteroatoms. The minimum absolute atomic E-state index is 0.0601. The summed E-state index contributed by atoms with van der Waals surface area (Å²) in [5, 5.41) is 1.91. The van der Waals surface area contributed by atoms with Crippen molar-refractivity contribution in [1.29, 1.82) is 0 Å². The largest absolute Gasteiger partial charge is 0.284 e. The SMILES string of the molecule is O=C(Cl)Sc1ccc2c3c(cccc13)SC2=O. The lowest BCUT2D eigenvalue weighted by Gasteiger charge is -2.04. The Balaban J connectivity index is 2.33. The monoisotopic (exact) mass is 280 g/mol. The Bertz CT molecular complexity index is 667. The molecule has 2 nitrogen and oxygen atoms in total. The molecule has 0 saturated heterocycles. The first-order valence-corrected chi connectivity index (χ1v) is 6.83. The topological polar surface area (TPSA) is 34.1 Å². The molecule has 0 amide bonds. The number of carbonyl (C=O) groups excluding carboxylic acids is 2. The van der Waals surface area contributed by atoms with Crippen LogP contribution in [0.3, 0.4) is 0 Å². The first-order valence-electron chi connectivity index (χ1n) is 4.82. The molecule has 2 aromatic carbocycles. The molecular formula is C12H5ClO2S2. The first-order chi connectivity index (χ1) is 8.16. The Hall–Kier alpha value is -0.970. The van der Waals surface area contributed by atoms with E-state index in [2.05, 4.69) is 0 Å². The molecule has 17 heavy (non-hydrogen) atoms. The average molecular weight is 281 g/mol. The van der Waals surface area contributed by atoms with Crippen molar-refractivity contribution in [3.05, 3.63) is 35.9 Å². The van der Waals surface area contributed by atoms with Gasteiger partial charge in [0.15, 0.2) is 0 Å². The zero-order valence-electron chi connectivity index (χ0n) is 8.40. The maximum atomic E-state index is 11.7. The summed E-state index contributed by atoms with van der Waals surface area (Å²) >= 11 is 7.60. The number of thioether (sulfide) groups is 2. The normalized spacial score (nSPS) is 13.4. The number of hydrogen-bond donors (Lipinski definition) is 0. The second-order valence-electron chi connectivity index (χ2n) is 3.52. The van der Waals surface area contributed by atoms with Gasteiger partial charge in [0, 0.05) is 20.7 Å². The number of halogens is 1. The molecule has 1 heterocycles. The van der Waals surface area contributed by atoms with Crippen molar-refractivity contribution >= 4 is 55.6 Å². The summed E-state index contributed by atoms with van der Waals surface area (Å²) in [5.41, 5.74) is 0.715. The maximum absolute atomic E-state index is 11.7. The van der Waals surface area contributed by atoms with E-state index < -0.39 is 4.57 Å². The third kappa shape index (κ3) is 1.76. The van der Waals surface area contributed by atoms with E-state index in [1.54, 1.807) is 12.1 Å². The Kier molecular flexibility index (Phi) is 2.65. The molecule has 0 saturated carbocycles. The van der Waals surface area contributed by atoms with Crippen LogP contribution in [0.4, 0.5) is 4.79 Å². The van der Waals surface area contributed by atoms with Gasteiger partial charge in [0.2, 0.25) is 5.12 Å². The van der Waals surface area contributed by atoms with Crippen molar-refractivity contribution in [3.63, 3.8) is 0 Å². The fourth-order valence-electron chi connectivity index (χ4n) is 1.93. The summed E-state index contributed by atoms with van der Waals surface area (Å²) < 4.78 is -0.470. The number of rotatable bonds is 1. The van der Waals surface area contributed by atoms with E-state index in [0.717, 1.165) is 32.3 Å². The van der Waals surface area contributed by atoms with Crippen molar-refractivity contribution in [3.8, 4) is 0 Å². The highest BCUT2D eigenvalue weighted by atomic mass is 35.5. The van der Waals surface area contributed by atoms with E-state index in [9.17, 15) is 9.59 Å². The second kappa shape index (κ2) is 4.05. The minimum Gasteiger partial charge on any atom is -0.281 e. The van der Waals surface area contributed by atoms with Gasteiger partial charge >= 0.3 is 0 Å². The molecule has 1 aliphatic heterocycles. The van der Waals surface area contributed by atoms with E-state index in [1.165, 1.54) is 11.8 Å². The van der Waals surface area contributed by atoms with Crippen LogP contribution >= 0.6 is 35.1 Å². The van der Waals surface area contributed by atoms with Gasteiger partial charge in [-0.2, -0.15) is 0 Å². The summed E-state index contributed by atoms with van der Waals surface area (Å²) in [6, 6.07) is 9.24. The maximum Gasteiger partial charge on any atom is 0.284 e. The molecule has 3 rings (SSSR count). The highest BCUT2D eigenvalue weighted by molar-refractivity contribution is 8.16. The predicted molar refractivity (Wildman–Crippen MR) is 71.2 cm³/mol. The van der Waals surface area contributed by atoms with Crippen LogP contribution in [0, 0.1) is 0 Å².